The first kappa shape index (κ1) is 22.9. The number of aromatic amines is 1. The van der Waals surface area contributed by atoms with Crippen LogP contribution >= 0.6 is 0 Å². The lowest BCUT2D eigenvalue weighted by Crippen LogP contribution is -2.25. The van der Waals surface area contributed by atoms with Crippen molar-refractivity contribution >= 4 is 38.7 Å². The lowest BCUT2D eigenvalue weighted by molar-refractivity contribution is 0.0954. The highest BCUT2D eigenvalue weighted by atomic mass is 16.1. The summed E-state index contributed by atoms with van der Waals surface area (Å²) >= 11 is 0. The molecule has 0 spiro atoms. The topological polar surface area (TPSA) is 102 Å². The number of amides is 1. The van der Waals surface area contributed by atoms with Gasteiger partial charge in [0.05, 0.1) is 28.5 Å². The molecule has 0 fully saturated rings. The Morgan fingerprint density at radius 3 is 2.73 bits per heavy atom. The predicted octanol–water partition coefficient (Wildman–Crippen LogP) is 4.62. The number of hydrogen-bond donors (Lipinski definition) is 3. The van der Waals surface area contributed by atoms with Crippen molar-refractivity contribution in [3.63, 3.8) is 0 Å². The Bertz CT molecular complexity index is 1760. The van der Waals surface area contributed by atoms with Gasteiger partial charge in [-0.3, -0.25) is 4.79 Å². The second-order valence-corrected chi connectivity index (χ2v) is 9.35. The highest BCUT2D eigenvalue weighted by Crippen LogP contribution is 2.21. The summed E-state index contributed by atoms with van der Waals surface area (Å²) in [5, 5.41) is 5.51. The average molecular weight is 489 g/mol. The molecule has 0 aliphatic rings. The number of hydrogen-bond acceptors (Lipinski definition) is 4. The first-order chi connectivity index (χ1) is 18.1. The first-order valence-electron chi connectivity index (χ1n) is 12.5. The summed E-state index contributed by atoms with van der Waals surface area (Å²) in [5.41, 5.74) is 12.3. The Labute approximate surface area is 214 Å². The van der Waals surface area contributed by atoms with Gasteiger partial charge in [0.1, 0.15) is 11.6 Å². The van der Waals surface area contributed by atoms with Crippen molar-refractivity contribution < 1.29 is 4.79 Å². The Kier molecular flexibility index (Phi) is 5.90. The maximum Gasteiger partial charge on any atom is 0.251 e. The molecule has 37 heavy (non-hydrogen) atoms. The number of nitrogens with two attached hydrogens (primary N) is 1. The zero-order valence-corrected chi connectivity index (χ0v) is 20.7. The van der Waals surface area contributed by atoms with E-state index in [4.69, 9.17) is 15.7 Å². The van der Waals surface area contributed by atoms with Crippen LogP contribution in [0.2, 0.25) is 0 Å². The fourth-order valence-corrected chi connectivity index (χ4v) is 4.94. The maximum absolute atomic E-state index is 12.9. The molecule has 0 saturated carbocycles. The number of nitrogens with zero attached hydrogens (tertiary/aromatic N) is 3. The summed E-state index contributed by atoms with van der Waals surface area (Å²) in [6.45, 7) is 1.06. The summed E-state index contributed by atoms with van der Waals surface area (Å²) in [6, 6.07) is 26.3. The van der Waals surface area contributed by atoms with E-state index in [2.05, 4.69) is 45.2 Å². The van der Waals surface area contributed by atoms with Gasteiger partial charge >= 0.3 is 0 Å². The molecule has 7 nitrogen and oxygen atoms in total. The first-order valence-corrected chi connectivity index (χ1v) is 12.5. The molecule has 0 saturated heterocycles. The summed E-state index contributed by atoms with van der Waals surface area (Å²) in [4.78, 5) is 25.8. The molecule has 4 N–H and O–H groups in total. The zero-order chi connectivity index (χ0) is 25.4. The highest BCUT2D eigenvalue weighted by Gasteiger charge is 2.14. The number of nitrogens with one attached hydrogen (secondary N) is 2. The van der Waals surface area contributed by atoms with Crippen molar-refractivity contribution in [3.05, 3.63) is 107 Å². The molecule has 184 valence electrons. The van der Waals surface area contributed by atoms with Crippen LogP contribution in [0.25, 0.3) is 32.8 Å². The molecule has 6 rings (SSSR count). The lowest BCUT2D eigenvalue weighted by atomic mass is 10.0. The third-order valence-electron chi connectivity index (χ3n) is 6.95. The molecular weight excluding hydrogens is 460 g/mol. The van der Waals surface area contributed by atoms with E-state index >= 15 is 0 Å². The molecule has 2 heterocycles. The summed E-state index contributed by atoms with van der Waals surface area (Å²) in [7, 11) is 1.99. The van der Waals surface area contributed by atoms with Crippen LogP contribution in [-0.4, -0.2) is 32.0 Å². The van der Waals surface area contributed by atoms with Gasteiger partial charge in [0, 0.05) is 25.7 Å². The largest absolute Gasteiger partial charge is 0.352 e. The number of fused-ring (bicyclic) bond motifs is 3. The van der Waals surface area contributed by atoms with E-state index in [1.165, 1.54) is 16.3 Å². The fraction of sp³-hybridized carbons (Fsp3) is 0.167. The van der Waals surface area contributed by atoms with Crippen molar-refractivity contribution in [1.29, 1.82) is 0 Å². The molecule has 0 radical (unpaired) electrons. The molecule has 2 aromatic heterocycles. The summed E-state index contributed by atoms with van der Waals surface area (Å²) in [6.07, 6.45) is 1.33. The molecule has 1 amide bonds. The van der Waals surface area contributed by atoms with Crippen molar-refractivity contribution in [2.24, 2.45) is 12.8 Å². The van der Waals surface area contributed by atoms with Gasteiger partial charge in [0.15, 0.2) is 0 Å². The van der Waals surface area contributed by atoms with Crippen LogP contribution < -0.4 is 11.1 Å². The Morgan fingerprint density at radius 2 is 1.84 bits per heavy atom. The second kappa shape index (κ2) is 9.52. The molecule has 0 unspecified atom stereocenters. The van der Waals surface area contributed by atoms with Gasteiger partial charge in [0.2, 0.25) is 0 Å². The minimum absolute atomic E-state index is 0.0951. The van der Waals surface area contributed by atoms with Crippen LogP contribution in [0, 0.1) is 0 Å². The van der Waals surface area contributed by atoms with Gasteiger partial charge in [-0.2, -0.15) is 0 Å². The van der Waals surface area contributed by atoms with Gasteiger partial charge in [-0.15, -0.1) is 0 Å². The summed E-state index contributed by atoms with van der Waals surface area (Å²) < 4.78 is 2.05. The standard InChI is InChI=1S/C30H28N6O/c1-36-27-12-10-22(30(37)32-14-13-21-7-4-6-20-5-2-3-8-23(20)21)16-26(27)35-29(36)17-28-33-24-11-9-19(18-31)15-25(24)34-28/h2-12,15-16H,13-14,17-18,31H2,1H3,(H,32,37)(H,33,34). The van der Waals surface area contributed by atoms with Crippen LogP contribution in [0.15, 0.2) is 78.9 Å². The van der Waals surface area contributed by atoms with Crippen LogP contribution in [0.4, 0.5) is 0 Å². The Hall–Kier alpha value is -4.49. The van der Waals surface area contributed by atoms with Crippen molar-refractivity contribution in [3.8, 4) is 0 Å². The molecule has 4 aromatic carbocycles. The van der Waals surface area contributed by atoms with Crippen molar-refractivity contribution in [2.45, 2.75) is 19.4 Å². The SMILES string of the molecule is Cn1c(Cc2nc3ccc(CN)cc3[nH]2)nc2cc(C(=O)NCCc3cccc4ccccc34)ccc21. The average Bonchev–Trinajstić information content (AvgIpc) is 3.47. The normalized spacial score (nSPS) is 11.5. The number of aromatic nitrogens is 4. The van der Waals surface area contributed by atoms with Gasteiger partial charge in [0.25, 0.3) is 5.91 Å². The van der Waals surface area contributed by atoms with E-state index in [1.807, 2.05) is 55.6 Å². The third-order valence-corrected chi connectivity index (χ3v) is 6.95. The number of aryl methyl sites for hydroxylation is 1. The monoisotopic (exact) mass is 488 g/mol. The van der Waals surface area contributed by atoms with Gasteiger partial charge in [-0.05, 0) is 58.7 Å². The molecule has 0 aliphatic heterocycles. The molecule has 0 bridgehead atoms. The number of carbonyl (C=O) groups excluding carboxylic acids is 1. The Morgan fingerprint density at radius 1 is 0.973 bits per heavy atom. The molecule has 7 heteroatoms. The lowest BCUT2D eigenvalue weighted by Gasteiger charge is -2.08. The maximum atomic E-state index is 12.9. The minimum atomic E-state index is -0.0951. The van der Waals surface area contributed by atoms with Crippen LogP contribution in [-0.2, 0) is 26.4 Å². The third kappa shape index (κ3) is 4.45. The van der Waals surface area contributed by atoms with E-state index in [9.17, 15) is 4.79 Å². The number of benzene rings is 4. The van der Waals surface area contributed by atoms with Crippen molar-refractivity contribution in [2.75, 3.05) is 6.54 Å². The molecular formula is C30H28N6O. The van der Waals surface area contributed by atoms with E-state index in [0.717, 1.165) is 45.7 Å². The van der Waals surface area contributed by atoms with Crippen LogP contribution in [0.5, 0.6) is 0 Å². The quantitative estimate of drug-likeness (QED) is 0.305. The van der Waals surface area contributed by atoms with Gasteiger partial charge in [-0.1, -0.05) is 48.5 Å². The van der Waals surface area contributed by atoms with Gasteiger partial charge in [-0.25, -0.2) is 9.97 Å². The van der Waals surface area contributed by atoms with Crippen LogP contribution in [0.1, 0.15) is 33.1 Å². The van der Waals surface area contributed by atoms with E-state index in [0.29, 0.717) is 25.1 Å². The highest BCUT2D eigenvalue weighted by molar-refractivity contribution is 5.97. The number of carbonyl (C=O) groups is 1. The zero-order valence-electron chi connectivity index (χ0n) is 20.7. The molecule has 0 aliphatic carbocycles. The Balaban J connectivity index is 1.17. The molecule has 6 aromatic rings. The minimum Gasteiger partial charge on any atom is -0.352 e. The smallest absolute Gasteiger partial charge is 0.251 e. The van der Waals surface area contributed by atoms with E-state index < -0.39 is 0 Å². The van der Waals surface area contributed by atoms with Crippen molar-refractivity contribution in [1.82, 2.24) is 24.8 Å². The van der Waals surface area contributed by atoms with Gasteiger partial charge < -0.3 is 20.6 Å². The second-order valence-electron chi connectivity index (χ2n) is 9.35. The number of imidazole rings is 2. The van der Waals surface area contributed by atoms with Crippen LogP contribution in [0.3, 0.4) is 0 Å². The van der Waals surface area contributed by atoms with E-state index in [1.54, 1.807) is 0 Å². The fourth-order valence-electron chi connectivity index (χ4n) is 4.94. The predicted molar refractivity (Wildman–Crippen MR) is 147 cm³/mol. The van der Waals surface area contributed by atoms with E-state index in [-0.39, 0.29) is 5.91 Å². The number of rotatable bonds is 7. The number of H-pyrrole nitrogens is 1. The molecule has 0 atom stereocenters. The summed E-state index contributed by atoms with van der Waals surface area (Å²) in [5.74, 6) is 1.62.